The highest BCUT2D eigenvalue weighted by Gasteiger charge is 2.21. The van der Waals surface area contributed by atoms with Gasteiger partial charge in [0.2, 0.25) is 0 Å². The van der Waals surface area contributed by atoms with Crippen LogP contribution in [0.5, 0.6) is 0 Å². The summed E-state index contributed by atoms with van der Waals surface area (Å²) in [4.78, 5) is 2.50. The zero-order valence-electron chi connectivity index (χ0n) is 10.9. The minimum absolute atomic E-state index is 0.137. The number of nitrogens with one attached hydrogen (secondary N) is 1. The summed E-state index contributed by atoms with van der Waals surface area (Å²) in [6.45, 7) is 2.11. The van der Waals surface area contributed by atoms with Crippen LogP contribution in [0.1, 0.15) is 34.5 Å². The van der Waals surface area contributed by atoms with Gasteiger partial charge in [-0.15, -0.1) is 22.7 Å². The van der Waals surface area contributed by atoms with Crippen molar-refractivity contribution in [2.75, 3.05) is 0 Å². The Morgan fingerprint density at radius 2 is 2.05 bits per heavy atom. The van der Waals surface area contributed by atoms with E-state index in [2.05, 4.69) is 35.8 Å². The van der Waals surface area contributed by atoms with E-state index < -0.39 is 0 Å². The normalized spacial score (nSPS) is 14.3. The highest BCUT2D eigenvalue weighted by Crippen LogP contribution is 2.34. The van der Waals surface area contributed by atoms with E-state index in [1.807, 2.05) is 18.2 Å². The van der Waals surface area contributed by atoms with Crippen molar-refractivity contribution < 1.29 is 4.42 Å². The molecule has 104 valence electrons. The molecule has 3 aromatic rings. The van der Waals surface area contributed by atoms with Crippen molar-refractivity contribution in [3.63, 3.8) is 0 Å². The van der Waals surface area contributed by atoms with Gasteiger partial charge >= 0.3 is 0 Å². The van der Waals surface area contributed by atoms with Crippen molar-refractivity contribution in [2.24, 2.45) is 0 Å². The SMILES string of the molecule is C[C@H](NC(c1cccs1)c1ccc(Cl)s1)c1ccco1. The van der Waals surface area contributed by atoms with Gasteiger partial charge < -0.3 is 4.42 Å². The second-order valence-corrected chi connectivity index (χ2v) is 7.22. The van der Waals surface area contributed by atoms with Gasteiger partial charge in [0.15, 0.2) is 0 Å². The van der Waals surface area contributed by atoms with Crippen molar-refractivity contribution in [1.82, 2.24) is 5.32 Å². The zero-order chi connectivity index (χ0) is 13.9. The molecule has 0 aliphatic rings. The summed E-state index contributed by atoms with van der Waals surface area (Å²) in [6, 6.07) is 12.4. The van der Waals surface area contributed by atoms with E-state index in [0.717, 1.165) is 10.1 Å². The fourth-order valence-electron chi connectivity index (χ4n) is 2.11. The van der Waals surface area contributed by atoms with Crippen LogP contribution in [0.25, 0.3) is 0 Å². The maximum atomic E-state index is 6.08. The molecular formula is C15H14ClNOS2. The highest BCUT2D eigenvalue weighted by molar-refractivity contribution is 7.16. The van der Waals surface area contributed by atoms with Crippen LogP contribution in [-0.2, 0) is 0 Å². The summed E-state index contributed by atoms with van der Waals surface area (Å²) in [7, 11) is 0. The van der Waals surface area contributed by atoms with Crippen LogP contribution in [0.2, 0.25) is 4.34 Å². The fraction of sp³-hybridized carbons (Fsp3) is 0.200. The molecule has 3 aromatic heterocycles. The third-order valence-electron chi connectivity index (χ3n) is 3.09. The van der Waals surface area contributed by atoms with Crippen molar-refractivity contribution in [1.29, 1.82) is 0 Å². The van der Waals surface area contributed by atoms with Gasteiger partial charge in [-0.1, -0.05) is 17.7 Å². The first-order valence-corrected chi connectivity index (χ1v) is 8.39. The summed E-state index contributed by atoms with van der Waals surface area (Å²) < 4.78 is 6.29. The molecule has 0 amide bonds. The second-order valence-electron chi connectivity index (χ2n) is 4.49. The summed E-state index contributed by atoms with van der Waals surface area (Å²) in [5.41, 5.74) is 0. The lowest BCUT2D eigenvalue weighted by molar-refractivity contribution is 0.415. The van der Waals surface area contributed by atoms with Gasteiger partial charge in [0.25, 0.3) is 0 Å². The average Bonchev–Trinajstić information content (AvgIpc) is 3.17. The minimum atomic E-state index is 0.137. The standard InChI is InChI=1S/C15H14ClNOS2/c1-10(11-4-2-8-18-11)17-15(12-5-3-9-19-12)13-6-7-14(16)20-13/h2-10,15,17H,1H3/t10-,15?/m0/s1. The number of furan rings is 1. The molecule has 0 aliphatic carbocycles. The van der Waals surface area contributed by atoms with E-state index in [4.69, 9.17) is 16.0 Å². The topological polar surface area (TPSA) is 25.2 Å². The number of rotatable bonds is 5. The van der Waals surface area contributed by atoms with Crippen LogP contribution in [0.15, 0.2) is 52.5 Å². The van der Waals surface area contributed by atoms with Gasteiger partial charge in [-0.2, -0.15) is 0 Å². The monoisotopic (exact) mass is 323 g/mol. The van der Waals surface area contributed by atoms with Crippen LogP contribution in [0, 0.1) is 0 Å². The number of thiophene rings is 2. The predicted octanol–water partition coefficient (Wildman–Crippen LogP) is 5.50. The lowest BCUT2D eigenvalue weighted by Gasteiger charge is -2.20. The molecule has 0 fully saturated rings. The van der Waals surface area contributed by atoms with Crippen molar-refractivity contribution in [3.05, 3.63) is 67.9 Å². The fourth-order valence-corrected chi connectivity index (χ4v) is 4.13. The Balaban J connectivity index is 1.87. The predicted molar refractivity (Wildman–Crippen MR) is 85.7 cm³/mol. The molecule has 0 saturated heterocycles. The molecule has 0 aromatic carbocycles. The quantitative estimate of drug-likeness (QED) is 0.671. The molecule has 0 saturated carbocycles. The van der Waals surface area contributed by atoms with Crippen LogP contribution >= 0.6 is 34.3 Å². The van der Waals surface area contributed by atoms with E-state index in [1.54, 1.807) is 28.9 Å². The van der Waals surface area contributed by atoms with Crippen LogP contribution in [0.4, 0.5) is 0 Å². The molecule has 0 bridgehead atoms. The van der Waals surface area contributed by atoms with Gasteiger partial charge in [-0.05, 0) is 42.6 Å². The van der Waals surface area contributed by atoms with E-state index in [-0.39, 0.29) is 12.1 Å². The first-order chi connectivity index (χ1) is 9.74. The molecule has 1 N–H and O–H groups in total. The Bertz CT molecular complexity index is 645. The maximum absolute atomic E-state index is 6.08. The molecule has 3 heterocycles. The largest absolute Gasteiger partial charge is 0.468 e. The van der Waals surface area contributed by atoms with E-state index in [9.17, 15) is 0 Å². The van der Waals surface area contributed by atoms with Crippen molar-refractivity contribution in [3.8, 4) is 0 Å². The first kappa shape index (κ1) is 13.9. The number of hydrogen-bond donors (Lipinski definition) is 1. The molecule has 5 heteroatoms. The Kier molecular flexibility index (Phi) is 4.27. The summed E-state index contributed by atoms with van der Waals surface area (Å²) in [5, 5.41) is 5.71. The minimum Gasteiger partial charge on any atom is -0.468 e. The molecule has 1 unspecified atom stereocenters. The zero-order valence-corrected chi connectivity index (χ0v) is 13.3. The molecular weight excluding hydrogens is 310 g/mol. The Hall–Kier alpha value is -1.07. The molecule has 0 aliphatic heterocycles. The molecule has 3 rings (SSSR count). The van der Waals surface area contributed by atoms with Crippen molar-refractivity contribution in [2.45, 2.75) is 19.0 Å². The average molecular weight is 324 g/mol. The first-order valence-electron chi connectivity index (χ1n) is 6.32. The Labute approximate surface area is 131 Å². The second kappa shape index (κ2) is 6.14. The summed E-state index contributed by atoms with van der Waals surface area (Å²) >= 11 is 9.43. The van der Waals surface area contributed by atoms with Crippen molar-refractivity contribution >= 4 is 34.3 Å². The molecule has 0 radical (unpaired) electrons. The number of halogens is 1. The maximum Gasteiger partial charge on any atom is 0.120 e. The third kappa shape index (κ3) is 2.99. The smallest absolute Gasteiger partial charge is 0.120 e. The lowest BCUT2D eigenvalue weighted by atomic mass is 10.1. The Morgan fingerprint density at radius 1 is 1.15 bits per heavy atom. The number of hydrogen-bond acceptors (Lipinski definition) is 4. The molecule has 2 atom stereocenters. The van der Waals surface area contributed by atoms with Gasteiger partial charge in [-0.3, -0.25) is 5.32 Å². The molecule has 0 spiro atoms. The van der Waals surface area contributed by atoms with E-state index in [1.165, 1.54) is 9.75 Å². The summed E-state index contributed by atoms with van der Waals surface area (Å²) in [6.07, 6.45) is 1.70. The van der Waals surface area contributed by atoms with E-state index >= 15 is 0 Å². The molecule has 20 heavy (non-hydrogen) atoms. The van der Waals surface area contributed by atoms with Gasteiger partial charge in [-0.25, -0.2) is 0 Å². The van der Waals surface area contributed by atoms with Gasteiger partial charge in [0.1, 0.15) is 5.76 Å². The lowest BCUT2D eigenvalue weighted by Crippen LogP contribution is -2.24. The highest BCUT2D eigenvalue weighted by atomic mass is 35.5. The third-order valence-corrected chi connectivity index (χ3v) is 5.33. The van der Waals surface area contributed by atoms with Crippen LogP contribution in [-0.4, -0.2) is 0 Å². The molecule has 2 nitrogen and oxygen atoms in total. The van der Waals surface area contributed by atoms with Crippen LogP contribution in [0.3, 0.4) is 0 Å². The summed E-state index contributed by atoms with van der Waals surface area (Å²) in [5.74, 6) is 0.939. The van der Waals surface area contributed by atoms with E-state index in [0.29, 0.717) is 0 Å². The Morgan fingerprint density at radius 3 is 2.65 bits per heavy atom. The van der Waals surface area contributed by atoms with Crippen LogP contribution < -0.4 is 5.32 Å². The van der Waals surface area contributed by atoms with Gasteiger partial charge in [0.05, 0.1) is 22.7 Å². The van der Waals surface area contributed by atoms with Gasteiger partial charge in [0, 0.05) is 9.75 Å².